The average Bonchev–Trinajstić information content (AvgIpc) is 2.34. The summed E-state index contributed by atoms with van der Waals surface area (Å²) in [4.78, 5) is 0. The third-order valence-corrected chi connectivity index (χ3v) is 4.80. The lowest BCUT2D eigenvalue weighted by atomic mass is 10.2. The summed E-state index contributed by atoms with van der Waals surface area (Å²) in [5.41, 5.74) is 0.405. The van der Waals surface area contributed by atoms with Crippen LogP contribution in [0.15, 0.2) is 18.2 Å². The summed E-state index contributed by atoms with van der Waals surface area (Å²) < 4.78 is 50.7. The molecule has 1 aromatic rings. The molecular weight excluding hydrogens is 296 g/mol. The van der Waals surface area contributed by atoms with Crippen LogP contribution < -0.4 is 0 Å². The second kappa shape index (κ2) is 7.17. The fraction of sp³-hybridized carbons (Fsp3) is 0.500. The van der Waals surface area contributed by atoms with Crippen molar-refractivity contribution in [2.75, 3.05) is 18.7 Å². The molecule has 0 spiro atoms. The number of alkyl halides is 1. The number of nitrogens with zero attached hydrogens (tertiary/aromatic N) is 1. The molecule has 19 heavy (non-hydrogen) atoms. The quantitative estimate of drug-likeness (QED) is 0.573. The zero-order chi connectivity index (χ0) is 14.5. The van der Waals surface area contributed by atoms with Crippen LogP contribution in [-0.2, 0) is 16.6 Å². The van der Waals surface area contributed by atoms with Crippen molar-refractivity contribution >= 4 is 21.6 Å². The van der Waals surface area contributed by atoms with E-state index in [1.165, 1.54) is 13.1 Å². The van der Waals surface area contributed by atoms with E-state index < -0.39 is 21.7 Å². The highest BCUT2D eigenvalue weighted by Gasteiger charge is 2.18. The summed E-state index contributed by atoms with van der Waals surface area (Å²) in [7, 11) is -1.98. The maximum absolute atomic E-state index is 13.0. The van der Waals surface area contributed by atoms with E-state index in [1.807, 2.05) is 0 Å². The first-order valence-corrected chi connectivity index (χ1v) is 7.95. The van der Waals surface area contributed by atoms with Crippen LogP contribution in [-0.4, -0.2) is 31.4 Å². The predicted octanol–water partition coefficient (Wildman–Crippen LogP) is 2.75. The smallest absolute Gasteiger partial charge is 0.212 e. The van der Waals surface area contributed by atoms with Gasteiger partial charge in [-0.25, -0.2) is 21.5 Å². The molecule has 0 aliphatic heterocycles. The second-order valence-electron chi connectivity index (χ2n) is 4.22. The Morgan fingerprint density at radius 1 is 1.21 bits per heavy atom. The van der Waals surface area contributed by atoms with Crippen LogP contribution in [0.3, 0.4) is 0 Å². The van der Waals surface area contributed by atoms with Gasteiger partial charge in [-0.05, 0) is 30.5 Å². The Hall–Kier alpha value is -0.720. The standard InChI is InChI=1S/C12H16ClF2NO2S/c1-16(19(17,18)7-3-2-6-13)9-10-4-5-11(14)12(15)8-10/h4-5,8H,2-3,6-7,9H2,1H3. The molecular formula is C12H16ClF2NO2S. The van der Waals surface area contributed by atoms with E-state index in [9.17, 15) is 17.2 Å². The van der Waals surface area contributed by atoms with Crippen LogP contribution in [0.1, 0.15) is 18.4 Å². The highest BCUT2D eigenvalue weighted by atomic mass is 35.5. The molecule has 7 heteroatoms. The van der Waals surface area contributed by atoms with E-state index in [0.717, 1.165) is 16.4 Å². The number of hydrogen-bond donors (Lipinski definition) is 0. The van der Waals surface area contributed by atoms with Gasteiger partial charge in [-0.15, -0.1) is 11.6 Å². The Kier molecular flexibility index (Phi) is 6.16. The van der Waals surface area contributed by atoms with Gasteiger partial charge in [0.2, 0.25) is 10.0 Å². The van der Waals surface area contributed by atoms with E-state index in [-0.39, 0.29) is 12.3 Å². The largest absolute Gasteiger partial charge is 0.214 e. The lowest BCUT2D eigenvalue weighted by Crippen LogP contribution is -2.29. The fourth-order valence-corrected chi connectivity index (χ4v) is 2.94. The van der Waals surface area contributed by atoms with Gasteiger partial charge in [0.15, 0.2) is 11.6 Å². The molecule has 3 nitrogen and oxygen atoms in total. The van der Waals surface area contributed by atoms with Gasteiger partial charge >= 0.3 is 0 Å². The average molecular weight is 312 g/mol. The van der Waals surface area contributed by atoms with Crippen LogP contribution in [0.2, 0.25) is 0 Å². The van der Waals surface area contributed by atoms with Crippen LogP contribution in [0.25, 0.3) is 0 Å². The number of benzene rings is 1. The normalized spacial score (nSPS) is 12.1. The van der Waals surface area contributed by atoms with Crippen LogP contribution in [0.5, 0.6) is 0 Å². The number of unbranched alkanes of at least 4 members (excludes halogenated alkanes) is 1. The van der Waals surface area contributed by atoms with Gasteiger partial charge in [-0.1, -0.05) is 6.07 Å². The summed E-state index contributed by atoms with van der Waals surface area (Å²) >= 11 is 5.49. The third-order valence-electron chi connectivity index (χ3n) is 2.65. The van der Waals surface area contributed by atoms with Crippen LogP contribution in [0.4, 0.5) is 8.78 Å². The molecule has 0 N–H and O–H groups in total. The zero-order valence-corrected chi connectivity index (χ0v) is 12.1. The van der Waals surface area contributed by atoms with Gasteiger partial charge in [-0.2, -0.15) is 0 Å². The first-order valence-electron chi connectivity index (χ1n) is 5.80. The first-order chi connectivity index (χ1) is 8.86. The molecule has 0 radical (unpaired) electrons. The molecule has 0 aromatic heterocycles. The maximum atomic E-state index is 13.0. The first kappa shape index (κ1) is 16.3. The summed E-state index contributed by atoms with van der Waals surface area (Å²) in [5.74, 6) is -1.51. The summed E-state index contributed by atoms with van der Waals surface area (Å²) in [6.07, 6.45) is 1.10. The van der Waals surface area contributed by atoms with Crippen molar-refractivity contribution in [3.63, 3.8) is 0 Å². The van der Waals surface area contributed by atoms with Gasteiger partial charge in [0.05, 0.1) is 5.75 Å². The molecule has 0 bridgehead atoms. The molecule has 0 saturated heterocycles. The molecule has 1 rings (SSSR count). The molecule has 0 fully saturated rings. The van der Waals surface area contributed by atoms with E-state index in [4.69, 9.17) is 11.6 Å². The molecule has 0 aliphatic carbocycles. The lowest BCUT2D eigenvalue weighted by molar-refractivity contribution is 0.460. The van der Waals surface area contributed by atoms with E-state index in [1.54, 1.807) is 0 Å². The molecule has 1 aromatic carbocycles. The molecule has 0 amide bonds. The van der Waals surface area contributed by atoms with Crippen molar-refractivity contribution in [1.82, 2.24) is 4.31 Å². The molecule has 0 aliphatic rings. The molecule has 108 valence electrons. The van der Waals surface area contributed by atoms with Crippen molar-refractivity contribution in [1.29, 1.82) is 0 Å². The lowest BCUT2D eigenvalue weighted by Gasteiger charge is -2.17. The van der Waals surface area contributed by atoms with E-state index >= 15 is 0 Å². The van der Waals surface area contributed by atoms with Crippen molar-refractivity contribution in [2.24, 2.45) is 0 Å². The Morgan fingerprint density at radius 3 is 2.47 bits per heavy atom. The van der Waals surface area contributed by atoms with Crippen molar-refractivity contribution in [3.8, 4) is 0 Å². The zero-order valence-electron chi connectivity index (χ0n) is 10.6. The van der Waals surface area contributed by atoms with Gasteiger partial charge < -0.3 is 0 Å². The highest BCUT2D eigenvalue weighted by molar-refractivity contribution is 7.89. The second-order valence-corrected chi connectivity index (χ2v) is 6.79. The van der Waals surface area contributed by atoms with Crippen molar-refractivity contribution in [3.05, 3.63) is 35.4 Å². The van der Waals surface area contributed by atoms with Crippen molar-refractivity contribution < 1.29 is 17.2 Å². The number of rotatable bonds is 7. The Labute approximate surface area is 117 Å². The number of hydrogen-bond acceptors (Lipinski definition) is 2. The number of sulfonamides is 1. The van der Waals surface area contributed by atoms with Gasteiger partial charge in [-0.3, -0.25) is 0 Å². The Morgan fingerprint density at radius 2 is 1.89 bits per heavy atom. The Bertz CT molecular complexity index is 522. The highest BCUT2D eigenvalue weighted by Crippen LogP contribution is 2.13. The van der Waals surface area contributed by atoms with Crippen molar-refractivity contribution in [2.45, 2.75) is 19.4 Å². The minimum absolute atomic E-state index is 0.000102. The number of halogens is 3. The van der Waals surface area contributed by atoms with Gasteiger partial charge in [0.25, 0.3) is 0 Å². The fourth-order valence-electron chi connectivity index (χ4n) is 1.53. The van der Waals surface area contributed by atoms with Gasteiger partial charge in [0, 0.05) is 19.5 Å². The Balaban J connectivity index is 2.67. The maximum Gasteiger partial charge on any atom is 0.214 e. The van der Waals surface area contributed by atoms with Gasteiger partial charge in [0.1, 0.15) is 0 Å². The molecule has 0 unspecified atom stereocenters. The molecule has 0 saturated carbocycles. The topological polar surface area (TPSA) is 37.4 Å². The third kappa shape index (κ3) is 5.04. The summed E-state index contributed by atoms with van der Waals surface area (Å²) in [6.45, 7) is 0.0143. The monoisotopic (exact) mass is 311 g/mol. The van der Waals surface area contributed by atoms with E-state index in [0.29, 0.717) is 24.3 Å². The minimum atomic E-state index is -3.40. The SMILES string of the molecule is CN(Cc1ccc(F)c(F)c1)S(=O)(=O)CCCCCl. The molecule has 0 atom stereocenters. The minimum Gasteiger partial charge on any atom is -0.212 e. The summed E-state index contributed by atoms with van der Waals surface area (Å²) in [5, 5.41) is 0. The van der Waals surface area contributed by atoms with E-state index in [2.05, 4.69) is 0 Å². The predicted molar refractivity (Wildman–Crippen MR) is 71.6 cm³/mol. The van der Waals surface area contributed by atoms with Crippen LogP contribution in [0, 0.1) is 11.6 Å². The summed E-state index contributed by atoms with van der Waals surface area (Å²) in [6, 6.07) is 3.35. The molecule has 0 heterocycles. The van der Waals surface area contributed by atoms with Crippen LogP contribution >= 0.6 is 11.6 Å².